The Kier molecular flexibility index (Phi) is 6.64. The standard InChI is InChI=1S/C22H24F5N3O4/c1-10-16(12-4-5-13(23)17(24)18(12)33-3)21(19(29)32,34-20(10,2)22(25,26)27)11-6-7-30-15(8-11)14(28)9-31/h4-8,10,14,16,31H,9,28H2,1-3H3,(H2,29,32)/t10?,14-,16?,20?,21?/m0/s1. The summed E-state index contributed by atoms with van der Waals surface area (Å²) in [5.41, 5.74) is 5.72. The van der Waals surface area contributed by atoms with Crippen LogP contribution in [0.1, 0.15) is 42.6 Å². The Morgan fingerprint density at radius 2 is 1.97 bits per heavy atom. The van der Waals surface area contributed by atoms with Gasteiger partial charge in [-0.1, -0.05) is 13.0 Å². The number of nitrogens with zero attached hydrogens (tertiary/aromatic N) is 1. The number of carbonyl (C=O) groups is 1. The van der Waals surface area contributed by atoms with Crippen LogP contribution in [0.15, 0.2) is 30.5 Å². The van der Waals surface area contributed by atoms with Gasteiger partial charge in [0.15, 0.2) is 22.8 Å². The van der Waals surface area contributed by atoms with Gasteiger partial charge in [0.25, 0.3) is 5.91 Å². The summed E-state index contributed by atoms with van der Waals surface area (Å²) in [4.78, 5) is 17.0. The van der Waals surface area contributed by atoms with E-state index in [4.69, 9.17) is 20.9 Å². The van der Waals surface area contributed by atoms with Crippen LogP contribution in [-0.4, -0.2) is 41.5 Å². The fourth-order valence-corrected chi connectivity index (χ4v) is 4.52. The highest BCUT2D eigenvalue weighted by molar-refractivity contribution is 5.87. The summed E-state index contributed by atoms with van der Waals surface area (Å²) in [6.45, 7) is 1.38. The van der Waals surface area contributed by atoms with Crippen LogP contribution in [0.25, 0.3) is 0 Å². The minimum atomic E-state index is -4.98. The van der Waals surface area contributed by atoms with Crippen LogP contribution >= 0.6 is 0 Å². The first-order valence-corrected chi connectivity index (χ1v) is 10.2. The number of primary amides is 1. The molecule has 0 bridgehead atoms. The second kappa shape index (κ2) is 8.75. The van der Waals surface area contributed by atoms with Gasteiger partial charge >= 0.3 is 6.18 Å². The topological polar surface area (TPSA) is 121 Å². The highest BCUT2D eigenvalue weighted by Gasteiger charge is 2.72. The van der Waals surface area contributed by atoms with Crippen molar-refractivity contribution in [3.05, 3.63) is 58.9 Å². The number of halogens is 5. The molecule has 1 aromatic heterocycles. The average molecular weight is 489 g/mol. The van der Waals surface area contributed by atoms with Crippen molar-refractivity contribution in [2.45, 2.75) is 43.2 Å². The van der Waals surface area contributed by atoms with Crippen LogP contribution < -0.4 is 16.2 Å². The molecule has 0 aliphatic carbocycles. The van der Waals surface area contributed by atoms with Crippen molar-refractivity contribution in [1.82, 2.24) is 4.98 Å². The molecule has 3 rings (SSSR count). The van der Waals surface area contributed by atoms with Gasteiger partial charge in [0.1, 0.15) is 0 Å². The van der Waals surface area contributed by atoms with E-state index in [2.05, 4.69) is 4.98 Å². The number of amides is 1. The molecule has 1 amide bonds. The lowest BCUT2D eigenvalue weighted by Gasteiger charge is -2.35. The summed E-state index contributed by atoms with van der Waals surface area (Å²) in [5, 5.41) is 9.37. The Bertz CT molecular complexity index is 1100. The number of aromatic nitrogens is 1. The molecular formula is C22H24F5N3O4. The number of carbonyl (C=O) groups excluding carboxylic acids is 1. The van der Waals surface area contributed by atoms with Gasteiger partial charge < -0.3 is 26.0 Å². The Morgan fingerprint density at radius 3 is 2.50 bits per heavy atom. The van der Waals surface area contributed by atoms with Gasteiger partial charge in [-0.05, 0) is 30.7 Å². The van der Waals surface area contributed by atoms with Crippen molar-refractivity contribution < 1.29 is 41.3 Å². The fourth-order valence-electron chi connectivity index (χ4n) is 4.52. The molecule has 7 nitrogen and oxygen atoms in total. The van der Waals surface area contributed by atoms with E-state index in [0.717, 1.165) is 20.1 Å². The summed E-state index contributed by atoms with van der Waals surface area (Å²) >= 11 is 0. The molecule has 5 atom stereocenters. The number of aliphatic hydroxyl groups is 1. The molecule has 0 radical (unpaired) electrons. The van der Waals surface area contributed by atoms with E-state index in [1.54, 1.807) is 0 Å². The molecule has 1 aromatic carbocycles. The first-order valence-electron chi connectivity index (χ1n) is 10.2. The molecule has 34 heavy (non-hydrogen) atoms. The lowest BCUT2D eigenvalue weighted by Crippen LogP contribution is -2.50. The van der Waals surface area contributed by atoms with Crippen LogP contribution in [-0.2, 0) is 15.1 Å². The number of ether oxygens (including phenoxy) is 2. The highest BCUT2D eigenvalue weighted by Crippen LogP contribution is 2.62. The number of nitrogens with two attached hydrogens (primary N) is 2. The molecule has 12 heteroatoms. The maximum atomic E-state index is 14.6. The van der Waals surface area contributed by atoms with Gasteiger partial charge in [0.2, 0.25) is 5.82 Å². The van der Waals surface area contributed by atoms with Gasteiger partial charge in [0, 0.05) is 23.6 Å². The smallest absolute Gasteiger partial charge is 0.417 e. The number of hydrogen-bond donors (Lipinski definition) is 3. The lowest BCUT2D eigenvalue weighted by atomic mass is 9.69. The van der Waals surface area contributed by atoms with E-state index in [1.165, 1.54) is 25.3 Å². The van der Waals surface area contributed by atoms with Gasteiger partial charge in [-0.3, -0.25) is 9.78 Å². The SMILES string of the molecule is COc1c(C2C(C)C(C)(C(F)(F)F)OC2(C(N)=O)c2ccnc([C@@H](N)CO)c2)ccc(F)c1F. The van der Waals surface area contributed by atoms with Crippen LogP contribution in [0.5, 0.6) is 5.75 Å². The molecule has 2 aromatic rings. The molecule has 0 saturated carbocycles. The summed E-state index contributed by atoms with van der Waals surface area (Å²) in [6, 6.07) is 3.14. The van der Waals surface area contributed by atoms with E-state index < -0.39 is 65.2 Å². The number of methoxy groups -OCH3 is 1. The summed E-state index contributed by atoms with van der Waals surface area (Å²) in [7, 11) is 1.02. The zero-order chi connectivity index (χ0) is 25.6. The van der Waals surface area contributed by atoms with Crippen LogP contribution in [0.2, 0.25) is 0 Å². The molecule has 0 spiro atoms. The van der Waals surface area contributed by atoms with Gasteiger partial charge in [-0.2, -0.15) is 17.6 Å². The Morgan fingerprint density at radius 1 is 1.32 bits per heavy atom. The monoisotopic (exact) mass is 489 g/mol. The van der Waals surface area contributed by atoms with E-state index >= 15 is 0 Å². The minimum absolute atomic E-state index is 0.0495. The Balaban J connectivity index is 2.41. The maximum absolute atomic E-state index is 14.6. The molecule has 1 aliphatic heterocycles. The predicted octanol–water partition coefficient (Wildman–Crippen LogP) is 2.81. The van der Waals surface area contributed by atoms with Crippen LogP contribution in [0, 0.1) is 17.6 Å². The number of rotatable bonds is 6. The molecular weight excluding hydrogens is 465 g/mol. The van der Waals surface area contributed by atoms with Crippen LogP contribution in [0.3, 0.4) is 0 Å². The Labute approximate surface area is 191 Å². The molecule has 1 fully saturated rings. The number of aliphatic hydroxyl groups excluding tert-OH is 1. The Hall–Kier alpha value is -2.83. The highest BCUT2D eigenvalue weighted by atomic mass is 19.4. The number of benzene rings is 1. The van der Waals surface area contributed by atoms with Gasteiger partial charge in [0.05, 0.1) is 25.5 Å². The van der Waals surface area contributed by atoms with Crippen molar-refractivity contribution in [1.29, 1.82) is 0 Å². The van der Waals surface area contributed by atoms with Crippen molar-refractivity contribution in [2.75, 3.05) is 13.7 Å². The molecule has 4 unspecified atom stereocenters. The summed E-state index contributed by atoms with van der Waals surface area (Å²) in [5.74, 6) is -7.82. The minimum Gasteiger partial charge on any atom is -0.493 e. The van der Waals surface area contributed by atoms with E-state index in [9.17, 15) is 31.9 Å². The van der Waals surface area contributed by atoms with Crippen molar-refractivity contribution in [3.8, 4) is 5.75 Å². The first-order chi connectivity index (χ1) is 15.8. The van der Waals surface area contributed by atoms with E-state index in [0.29, 0.717) is 6.07 Å². The number of alkyl halides is 3. The van der Waals surface area contributed by atoms with Gasteiger partial charge in [-0.15, -0.1) is 0 Å². The average Bonchev–Trinajstić information content (AvgIpc) is 3.04. The molecule has 2 heterocycles. The predicted molar refractivity (Wildman–Crippen MR) is 109 cm³/mol. The van der Waals surface area contributed by atoms with Gasteiger partial charge in [-0.25, -0.2) is 4.39 Å². The summed E-state index contributed by atoms with van der Waals surface area (Å²) < 4.78 is 81.9. The largest absolute Gasteiger partial charge is 0.493 e. The molecule has 5 N–H and O–H groups in total. The summed E-state index contributed by atoms with van der Waals surface area (Å²) in [6.07, 6.45) is -3.81. The maximum Gasteiger partial charge on any atom is 0.417 e. The van der Waals surface area contributed by atoms with E-state index in [-0.39, 0.29) is 16.8 Å². The molecule has 1 saturated heterocycles. The second-order valence-corrected chi connectivity index (χ2v) is 8.32. The molecule has 1 aliphatic rings. The third-order valence-corrected chi connectivity index (χ3v) is 6.51. The second-order valence-electron chi connectivity index (χ2n) is 8.32. The number of pyridine rings is 1. The molecule has 186 valence electrons. The van der Waals surface area contributed by atoms with Crippen molar-refractivity contribution in [2.24, 2.45) is 17.4 Å². The zero-order valence-corrected chi connectivity index (χ0v) is 18.5. The quantitative estimate of drug-likeness (QED) is 0.537. The van der Waals surface area contributed by atoms with Crippen LogP contribution in [0.4, 0.5) is 22.0 Å². The first kappa shape index (κ1) is 25.8. The van der Waals surface area contributed by atoms with E-state index in [1.807, 2.05) is 0 Å². The third kappa shape index (κ3) is 3.69. The lowest BCUT2D eigenvalue weighted by molar-refractivity contribution is -0.285. The third-order valence-electron chi connectivity index (χ3n) is 6.51. The number of hydrogen-bond acceptors (Lipinski definition) is 6. The zero-order valence-electron chi connectivity index (χ0n) is 18.5. The normalized spacial score (nSPS) is 28.1. The van der Waals surface area contributed by atoms with Crippen molar-refractivity contribution in [3.63, 3.8) is 0 Å². The van der Waals surface area contributed by atoms with Crippen molar-refractivity contribution >= 4 is 5.91 Å². The fraction of sp³-hybridized carbons (Fsp3) is 0.455.